The Labute approximate surface area is 236 Å². The van der Waals surface area contributed by atoms with Crippen molar-refractivity contribution in [3.05, 3.63) is 96.6 Å². The molecule has 1 unspecified atom stereocenters. The van der Waals surface area contributed by atoms with Gasteiger partial charge in [0.25, 0.3) is 5.91 Å². The third-order valence-corrected chi connectivity index (χ3v) is 8.84. The van der Waals surface area contributed by atoms with Gasteiger partial charge in [-0.1, -0.05) is 49.0 Å². The van der Waals surface area contributed by atoms with E-state index in [2.05, 4.69) is 17.4 Å². The molecule has 1 heterocycles. The molecule has 6 nitrogen and oxygen atoms in total. The molecule has 1 aliphatic rings. The predicted octanol–water partition coefficient (Wildman–Crippen LogP) is 7.66. The van der Waals surface area contributed by atoms with E-state index in [0.29, 0.717) is 29.2 Å². The monoisotopic (exact) mass is 556 g/mol. The summed E-state index contributed by atoms with van der Waals surface area (Å²) in [5, 5.41) is 2.63. The highest BCUT2D eigenvalue weighted by atomic mass is 32.2. The fourth-order valence-electron chi connectivity index (χ4n) is 4.44. The summed E-state index contributed by atoms with van der Waals surface area (Å²) in [7, 11) is 3.03. The van der Waals surface area contributed by atoms with Crippen LogP contribution in [-0.2, 0) is 4.79 Å². The van der Waals surface area contributed by atoms with E-state index in [1.165, 1.54) is 26.0 Å². The van der Waals surface area contributed by atoms with Crippen LogP contribution in [0.4, 0.5) is 17.1 Å². The molecule has 1 N–H and O–H groups in total. The number of amides is 2. The maximum Gasteiger partial charge on any atom is 0.263 e. The van der Waals surface area contributed by atoms with Crippen molar-refractivity contribution in [2.24, 2.45) is 0 Å². The molecule has 0 aromatic heterocycles. The number of ether oxygens (including phenoxy) is 2. The van der Waals surface area contributed by atoms with E-state index in [1.807, 2.05) is 72.5 Å². The van der Waals surface area contributed by atoms with Crippen LogP contribution in [0.25, 0.3) is 0 Å². The number of nitrogens with zero attached hydrogens (tertiary/aromatic N) is 1. The summed E-state index contributed by atoms with van der Waals surface area (Å²) in [4.78, 5) is 31.9. The minimum absolute atomic E-state index is 0.0448. The minimum Gasteiger partial charge on any atom is -0.496 e. The Hall–Kier alpha value is -3.88. The predicted molar refractivity (Wildman–Crippen MR) is 158 cm³/mol. The number of benzene rings is 4. The van der Waals surface area contributed by atoms with Gasteiger partial charge in [-0.05, 0) is 67.1 Å². The first-order chi connectivity index (χ1) is 19.0. The summed E-state index contributed by atoms with van der Waals surface area (Å²) in [5.41, 5.74) is 2.79. The maximum atomic E-state index is 14.0. The molecule has 198 valence electrons. The van der Waals surface area contributed by atoms with Crippen molar-refractivity contribution in [3.63, 3.8) is 0 Å². The topological polar surface area (TPSA) is 67.9 Å². The molecule has 0 fully saturated rings. The van der Waals surface area contributed by atoms with Crippen molar-refractivity contribution in [2.75, 3.05) is 24.4 Å². The Morgan fingerprint density at radius 2 is 1.38 bits per heavy atom. The molecular formula is C31H28N2O4S2. The van der Waals surface area contributed by atoms with E-state index in [1.54, 1.807) is 30.0 Å². The van der Waals surface area contributed by atoms with Crippen molar-refractivity contribution in [2.45, 2.75) is 33.3 Å². The van der Waals surface area contributed by atoms with Crippen LogP contribution in [0.15, 0.2) is 106 Å². The van der Waals surface area contributed by atoms with Crippen LogP contribution in [-0.4, -0.2) is 31.3 Å². The van der Waals surface area contributed by atoms with E-state index >= 15 is 0 Å². The largest absolute Gasteiger partial charge is 0.496 e. The Kier molecular flexibility index (Phi) is 8.14. The lowest BCUT2D eigenvalue weighted by molar-refractivity contribution is -0.117. The SMILES string of the molecule is CCC(Sc1ccc(NC(=O)c2c(OC)cccc2OC)cc1)C(=O)N1c2ccccc2Sc2ccccc21. The zero-order valence-corrected chi connectivity index (χ0v) is 23.5. The quantitative estimate of drug-likeness (QED) is 0.225. The number of rotatable bonds is 8. The van der Waals surface area contributed by atoms with Crippen molar-refractivity contribution in [1.82, 2.24) is 0 Å². The summed E-state index contributed by atoms with van der Waals surface area (Å²) in [6, 6.07) is 28.8. The molecule has 0 saturated carbocycles. The van der Waals surface area contributed by atoms with Crippen LogP contribution >= 0.6 is 23.5 Å². The second kappa shape index (κ2) is 11.9. The average Bonchev–Trinajstić information content (AvgIpc) is 2.98. The van der Waals surface area contributed by atoms with Crippen LogP contribution in [0.2, 0.25) is 0 Å². The highest BCUT2D eigenvalue weighted by molar-refractivity contribution is 8.00. The minimum atomic E-state index is -0.327. The number of methoxy groups -OCH3 is 2. The number of nitrogens with one attached hydrogen (secondary N) is 1. The zero-order valence-electron chi connectivity index (χ0n) is 21.8. The molecule has 2 amide bonds. The molecular weight excluding hydrogens is 528 g/mol. The second-order valence-electron chi connectivity index (χ2n) is 8.74. The molecule has 39 heavy (non-hydrogen) atoms. The number of para-hydroxylation sites is 2. The second-order valence-corrected chi connectivity index (χ2v) is 11.1. The Morgan fingerprint density at radius 1 is 0.821 bits per heavy atom. The average molecular weight is 557 g/mol. The van der Waals surface area contributed by atoms with Gasteiger partial charge in [-0.15, -0.1) is 11.8 Å². The third kappa shape index (κ3) is 5.48. The Bertz CT molecular complexity index is 1440. The summed E-state index contributed by atoms with van der Waals surface area (Å²) in [5.74, 6) is 0.583. The zero-order chi connectivity index (χ0) is 27.4. The molecule has 1 atom stereocenters. The van der Waals surface area contributed by atoms with Crippen LogP contribution in [0.1, 0.15) is 23.7 Å². The fraction of sp³-hybridized carbons (Fsp3) is 0.161. The maximum absolute atomic E-state index is 14.0. The van der Waals surface area contributed by atoms with Crippen molar-refractivity contribution in [1.29, 1.82) is 0 Å². The number of hydrogen-bond acceptors (Lipinski definition) is 6. The van der Waals surface area contributed by atoms with E-state index in [4.69, 9.17) is 9.47 Å². The van der Waals surface area contributed by atoms with Crippen molar-refractivity contribution in [3.8, 4) is 11.5 Å². The van der Waals surface area contributed by atoms with Gasteiger partial charge in [0.15, 0.2) is 0 Å². The van der Waals surface area contributed by atoms with E-state index in [9.17, 15) is 9.59 Å². The number of anilines is 3. The normalized spacial score (nSPS) is 12.6. The molecule has 8 heteroatoms. The number of hydrogen-bond donors (Lipinski definition) is 1. The standard InChI is InChI=1S/C31H28N2O4S2/c1-4-26(31(35)33-22-10-5-7-14-27(22)39-28-15-8-6-11-23(28)33)38-21-18-16-20(17-19-21)32-30(34)29-24(36-2)12-9-13-25(29)37-3/h5-19,26H,4H2,1-3H3,(H,32,34). The van der Waals surface area contributed by atoms with Gasteiger partial charge >= 0.3 is 0 Å². The number of carbonyl (C=O) groups excluding carboxylic acids is 2. The lowest BCUT2D eigenvalue weighted by atomic mass is 10.1. The molecule has 0 aliphatic carbocycles. The molecule has 4 aromatic carbocycles. The van der Waals surface area contributed by atoms with Crippen LogP contribution < -0.4 is 19.7 Å². The first-order valence-corrected chi connectivity index (χ1v) is 14.2. The van der Waals surface area contributed by atoms with Crippen LogP contribution in [0.3, 0.4) is 0 Å². The lowest BCUT2D eigenvalue weighted by Crippen LogP contribution is -2.35. The molecule has 4 aromatic rings. The molecule has 0 saturated heterocycles. The van der Waals surface area contributed by atoms with Crippen molar-refractivity contribution >= 4 is 52.4 Å². The fourth-order valence-corrected chi connectivity index (χ4v) is 6.50. The summed E-state index contributed by atoms with van der Waals surface area (Å²) >= 11 is 3.21. The highest BCUT2D eigenvalue weighted by Crippen LogP contribution is 2.48. The van der Waals surface area contributed by atoms with Gasteiger partial charge in [-0.25, -0.2) is 0 Å². The first-order valence-electron chi connectivity index (χ1n) is 12.5. The van der Waals surface area contributed by atoms with E-state index in [-0.39, 0.29) is 17.1 Å². The van der Waals surface area contributed by atoms with Gasteiger partial charge in [0.1, 0.15) is 17.1 Å². The van der Waals surface area contributed by atoms with Crippen LogP contribution in [0, 0.1) is 0 Å². The number of fused-ring (bicyclic) bond motifs is 2. The summed E-state index contributed by atoms with van der Waals surface area (Å²) in [6.07, 6.45) is 0.670. The van der Waals surface area contributed by atoms with Gasteiger partial charge in [0.2, 0.25) is 5.91 Å². The molecule has 0 radical (unpaired) electrons. The van der Waals surface area contributed by atoms with Crippen molar-refractivity contribution < 1.29 is 19.1 Å². The Balaban J connectivity index is 1.34. The van der Waals surface area contributed by atoms with E-state index in [0.717, 1.165) is 26.1 Å². The molecule has 1 aliphatic heterocycles. The summed E-state index contributed by atoms with van der Waals surface area (Å²) in [6.45, 7) is 2.03. The highest BCUT2D eigenvalue weighted by Gasteiger charge is 2.32. The van der Waals surface area contributed by atoms with Gasteiger partial charge in [0.05, 0.1) is 30.8 Å². The lowest BCUT2D eigenvalue weighted by Gasteiger charge is -2.33. The van der Waals surface area contributed by atoms with Crippen LogP contribution in [0.5, 0.6) is 11.5 Å². The van der Waals surface area contributed by atoms with Gasteiger partial charge in [-0.2, -0.15) is 0 Å². The smallest absolute Gasteiger partial charge is 0.263 e. The Morgan fingerprint density at radius 3 is 1.92 bits per heavy atom. The molecule has 0 bridgehead atoms. The summed E-state index contributed by atoms with van der Waals surface area (Å²) < 4.78 is 10.7. The number of thioether (sulfide) groups is 1. The number of carbonyl (C=O) groups is 2. The van der Waals surface area contributed by atoms with Gasteiger partial charge in [0, 0.05) is 20.4 Å². The van der Waals surface area contributed by atoms with Gasteiger partial charge < -0.3 is 14.8 Å². The third-order valence-electron chi connectivity index (χ3n) is 6.34. The first kappa shape index (κ1) is 26.7. The molecule has 0 spiro atoms. The molecule has 5 rings (SSSR count). The van der Waals surface area contributed by atoms with E-state index < -0.39 is 0 Å². The van der Waals surface area contributed by atoms with Gasteiger partial charge in [-0.3, -0.25) is 14.5 Å².